The summed E-state index contributed by atoms with van der Waals surface area (Å²) in [6.07, 6.45) is 0. The highest BCUT2D eigenvalue weighted by atomic mass is 32.1. The Hall–Kier alpha value is -2.18. The number of amides is 1. The largest absolute Gasteiger partial charge is 0.351 e. The van der Waals surface area contributed by atoms with E-state index in [0.29, 0.717) is 17.6 Å². The highest BCUT2D eigenvalue weighted by Gasteiger charge is 2.14. The number of nitrogens with zero attached hydrogens (tertiary/aromatic N) is 2. The number of rotatable bonds is 5. The lowest BCUT2D eigenvalue weighted by Gasteiger charge is -2.10. The van der Waals surface area contributed by atoms with Crippen LogP contribution in [0.4, 0.5) is 0 Å². The maximum Gasteiger partial charge on any atom is 0.253 e. The van der Waals surface area contributed by atoms with Crippen LogP contribution >= 0.6 is 11.3 Å². The van der Waals surface area contributed by atoms with Crippen molar-refractivity contribution in [1.29, 1.82) is 0 Å². The summed E-state index contributed by atoms with van der Waals surface area (Å²) in [5, 5.41) is 4.95. The van der Waals surface area contributed by atoms with E-state index < -0.39 is 0 Å². The zero-order chi connectivity index (χ0) is 15.5. The molecular weight excluding hydrogens is 296 g/mol. The molecule has 3 rings (SSSR count). The van der Waals surface area contributed by atoms with Crippen molar-refractivity contribution in [3.63, 3.8) is 0 Å². The fraction of sp³-hybridized carbons (Fsp3) is 0.250. The molecule has 114 valence electrons. The van der Waals surface area contributed by atoms with Gasteiger partial charge >= 0.3 is 0 Å². The van der Waals surface area contributed by atoms with Gasteiger partial charge in [-0.3, -0.25) is 4.79 Å². The lowest BCUT2D eigenvalue weighted by Crippen LogP contribution is -2.31. The van der Waals surface area contributed by atoms with Gasteiger partial charge in [-0.2, -0.15) is 0 Å². The monoisotopic (exact) mass is 314 g/mol. The first-order chi connectivity index (χ1) is 10.6. The van der Waals surface area contributed by atoms with Gasteiger partial charge in [0.2, 0.25) is 0 Å². The number of H-pyrrole nitrogens is 1. The zero-order valence-electron chi connectivity index (χ0n) is 12.6. The summed E-state index contributed by atoms with van der Waals surface area (Å²) in [6.45, 7) is 1.42. The van der Waals surface area contributed by atoms with Crippen LogP contribution in [0.5, 0.6) is 0 Å². The summed E-state index contributed by atoms with van der Waals surface area (Å²) in [7, 11) is 3.96. The molecule has 0 atom stereocenters. The number of fused-ring (bicyclic) bond motifs is 1. The first-order valence-corrected chi connectivity index (χ1v) is 7.98. The lowest BCUT2D eigenvalue weighted by molar-refractivity contribution is 0.0952. The van der Waals surface area contributed by atoms with Crippen molar-refractivity contribution >= 4 is 28.3 Å². The third-order valence-electron chi connectivity index (χ3n) is 3.36. The SMILES string of the molecule is CN(C)CCNC(=O)c1cccc2[nH]c(-c3cccs3)nc12. The van der Waals surface area contributed by atoms with Gasteiger partial charge < -0.3 is 15.2 Å². The highest BCUT2D eigenvalue weighted by Crippen LogP contribution is 2.26. The Kier molecular flexibility index (Phi) is 4.22. The molecule has 1 amide bonds. The number of imidazole rings is 1. The lowest BCUT2D eigenvalue weighted by atomic mass is 10.1. The Labute approximate surface area is 133 Å². The summed E-state index contributed by atoms with van der Waals surface area (Å²) in [4.78, 5) is 23.3. The molecule has 0 unspecified atom stereocenters. The zero-order valence-corrected chi connectivity index (χ0v) is 13.4. The van der Waals surface area contributed by atoms with Crippen molar-refractivity contribution in [3.05, 3.63) is 41.3 Å². The van der Waals surface area contributed by atoms with Crippen LogP contribution in [0.15, 0.2) is 35.7 Å². The first kappa shape index (κ1) is 14.7. The van der Waals surface area contributed by atoms with Crippen LogP contribution in [0.3, 0.4) is 0 Å². The van der Waals surface area contributed by atoms with Gasteiger partial charge in [-0.1, -0.05) is 12.1 Å². The number of nitrogens with one attached hydrogen (secondary N) is 2. The van der Waals surface area contributed by atoms with Gasteiger partial charge in [-0.15, -0.1) is 11.3 Å². The maximum absolute atomic E-state index is 12.4. The molecule has 0 spiro atoms. The quantitative estimate of drug-likeness (QED) is 0.761. The molecule has 0 saturated carbocycles. The number of thiophene rings is 1. The van der Waals surface area contributed by atoms with Crippen LogP contribution < -0.4 is 5.32 Å². The first-order valence-electron chi connectivity index (χ1n) is 7.10. The molecule has 2 heterocycles. The molecule has 0 aliphatic rings. The van der Waals surface area contributed by atoms with E-state index in [1.54, 1.807) is 11.3 Å². The van der Waals surface area contributed by atoms with E-state index in [9.17, 15) is 4.79 Å². The number of para-hydroxylation sites is 1. The van der Waals surface area contributed by atoms with E-state index in [4.69, 9.17) is 0 Å². The molecule has 5 nitrogen and oxygen atoms in total. The molecular formula is C16H18N4OS. The molecule has 3 aromatic rings. The minimum absolute atomic E-state index is 0.0864. The standard InChI is InChI=1S/C16H18N4OS/c1-20(2)9-8-17-16(21)11-5-3-6-12-14(11)19-15(18-12)13-7-4-10-22-13/h3-7,10H,8-9H2,1-2H3,(H,17,21)(H,18,19). The van der Waals surface area contributed by atoms with Crippen LogP contribution in [-0.4, -0.2) is 48.0 Å². The number of benzene rings is 1. The third-order valence-corrected chi connectivity index (χ3v) is 4.23. The molecule has 0 aliphatic heterocycles. The average molecular weight is 314 g/mol. The van der Waals surface area contributed by atoms with Crippen LogP contribution in [0.25, 0.3) is 21.7 Å². The minimum atomic E-state index is -0.0864. The number of carbonyl (C=O) groups excluding carboxylic acids is 1. The number of hydrogen-bond acceptors (Lipinski definition) is 4. The van der Waals surface area contributed by atoms with Crippen molar-refractivity contribution in [2.45, 2.75) is 0 Å². The number of aromatic nitrogens is 2. The summed E-state index contributed by atoms with van der Waals surface area (Å²) >= 11 is 1.62. The van der Waals surface area contributed by atoms with Crippen LogP contribution in [0.1, 0.15) is 10.4 Å². The van der Waals surface area contributed by atoms with Gasteiger partial charge in [-0.05, 0) is 37.7 Å². The van der Waals surface area contributed by atoms with E-state index in [1.807, 2.05) is 54.7 Å². The Morgan fingerprint density at radius 3 is 2.91 bits per heavy atom. The average Bonchev–Trinajstić information content (AvgIpc) is 3.14. The predicted molar refractivity (Wildman–Crippen MR) is 90.3 cm³/mol. The van der Waals surface area contributed by atoms with Crippen LogP contribution in [0, 0.1) is 0 Å². The topological polar surface area (TPSA) is 61.0 Å². The van der Waals surface area contributed by atoms with E-state index in [2.05, 4.69) is 15.3 Å². The van der Waals surface area contributed by atoms with Gasteiger partial charge in [0, 0.05) is 13.1 Å². The second kappa shape index (κ2) is 6.29. The Morgan fingerprint density at radius 2 is 2.18 bits per heavy atom. The van der Waals surface area contributed by atoms with E-state index >= 15 is 0 Å². The van der Waals surface area contributed by atoms with Crippen molar-refractivity contribution < 1.29 is 4.79 Å². The minimum Gasteiger partial charge on any atom is -0.351 e. The van der Waals surface area contributed by atoms with Gasteiger partial charge in [0.1, 0.15) is 11.3 Å². The number of carbonyl (C=O) groups is 1. The van der Waals surface area contributed by atoms with Gasteiger partial charge in [0.15, 0.2) is 0 Å². The van der Waals surface area contributed by atoms with Crippen molar-refractivity contribution in [2.75, 3.05) is 27.2 Å². The summed E-state index contributed by atoms with van der Waals surface area (Å²) in [5.74, 6) is 0.718. The third kappa shape index (κ3) is 3.03. The smallest absolute Gasteiger partial charge is 0.253 e. The van der Waals surface area contributed by atoms with Gasteiger partial charge in [0.25, 0.3) is 5.91 Å². The highest BCUT2D eigenvalue weighted by molar-refractivity contribution is 7.13. The molecule has 22 heavy (non-hydrogen) atoms. The molecule has 2 aromatic heterocycles. The fourth-order valence-corrected chi connectivity index (χ4v) is 2.90. The summed E-state index contributed by atoms with van der Waals surface area (Å²) < 4.78 is 0. The molecule has 0 aliphatic carbocycles. The van der Waals surface area contributed by atoms with Crippen molar-refractivity contribution in [1.82, 2.24) is 20.2 Å². The Balaban J connectivity index is 1.88. The molecule has 1 aromatic carbocycles. The molecule has 6 heteroatoms. The molecule has 0 bridgehead atoms. The molecule has 0 radical (unpaired) electrons. The molecule has 0 fully saturated rings. The number of hydrogen-bond donors (Lipinski definition) is 2. The molecule has 2 N–H and O–H groups in total. The Morgan fingerprint density at radius 1 is 1.32 bits per heavy atom. The van der Waals surface area contributed by atoms with E-state index in [1.165, 1.54) is 0 Å². The van der Waals surface area contributed by atoms with Gasteiger partial charge in [-0.25, -0.2) is 4.98 Å². The second-order valence-corrected chi connectivity index (χ2v) is 6.27. The summed E-state index contributed by atoms with van der Waals surface area (Å²) in [6, 6.07) is 9.63. The predicted octanol–water partition coefficient (Wildman–Crippen LogP) is 2.58. The summed E-state index contributed by atoms with van der Waals surface area (Å²) in [5.41, 5.74) is 2.20. The van der Waals surface area contributed by atoms with Crippen molar-refractivity contribution in [2.24, 2.45) is 0 Å². The Bertz CT molecular complexity index is 777. The number of aromatic amines is 1. The van der Waals surface area contributed by atoms with Gasteiger partial charge in [0.05, 0.1) is 16.0 Å². The fourth-order valence-electron chi connectivity index (χ4n) is 2.23. The van der Waals surface area contributed by atoms with Crippen molar-refractivity contribution in [3.8, 4) is 10.7 Å². The van der Waals surface area contributed by atoms with E-state index in [-0.39, 0.29) is 5.91 Å². The maximum atomic E-state index is 12.4. The van der Waals surface area contributed by atoms with Crippen LogP contribution in [-0.2, 0) is 0 Å². The van der Waals surface area contributed by atoms with Crippen LogP contribution in [0.2, 0.25) is 0 Å². The normalized spacial score (nSPS) is 11.2. The van der Waals surface area contributed by atoms with E-state index in [0.717, 1.165) is 22.8 Å². The molecule has 0 saturated heterocycles. The second-order valence-electron chi connectivity index (χ2n) is 5.32. The number of likely N-dealkylation sites (N-methyl/N-ethyl adjacent to an activating group) is 1.